The lowest BCUT2D eigenvalue weighted by Gasteiger charge is -2.41. The fourth-order valence-electron chi connectivity index (χ4n) is 4.53. The molecule has 0 aliphatic carbocycles. The van der Waals surface area contributed by atoms with Gasteiger partial charge in [0.15, 0.2) is 23.2 Å². The second-order valence-electron chi connectivity index (χ2n) is 9.71. The Balaban J connectivity index is 1.36. The first-order valence-electron chi connectivity index (χ1n) is 12.4. The SMILES string of the molecule is O=c1cc(-c2ccc(O)c(O)c2)oc2cc(O[C@H]3O[C@H](CO[C@@H]4OC[C@H](O)[C@H](O)[C@H]4O)[C@@H](O)[C@H](O)[C@H]3O)cc(O)c12. The van der Waals surface area contributed by atoms with Crippen molar-refractivity contribution >= 4 is 11.0 Å². The maximum Gasteiger partial charge on any atom is 0.229 e. The van der Waals surface area contributed by atoms with Crippen molar-refractivity contribution in [1.29, 1.82) is 0 Å². The quantitative estimate of drug-likeness (QED) is 0.146. The zero-order valence-electron chi connectivity index (χ0n) is 21.0. The lowest BCUT2D eigenvalue weighted by molar-refractivity contribution is -0.307. The van der Waals surface area contributed by atoms with E-state index in [1.54, 1.807) is 0 Å². The summed E-state index contributed by atoms with van der Waals surface area (Å²) in [6.45, 7) is -0.836. The average molecular weight is 580 g/mol. The van der Waals surface area contributed by atoms with Crippen molar-refractivity contribution in [2.75, 3.05) is 13.2 Å². The zero-order valence-corrected chi connectivity index (χ0v) is 21.0. The summed E-state index contributed by atoms with van der Waals surface area (Å²) in [6, 6.07) is 7.08. The van der Waals surface area contributed by atoms with Crippen molar-refractivity contribution < 1.29 is 69.3 Å². The van der Waals surface area contributed by atoms with Gasteiger partial charge in [-0.2, -0.15) is 0 Å². The second-order valence-corrected chi connectivity index (χ2v) is 9.71. The van der Waals surface area contributed by atoms with Crippen LogP contribution in [0.3, 0.4) is 0 Å². The Bertz CT molecular complexity index is 1460. The molecule has 3 heterocycles. The topological polar surface area (TPSA) is 249 Å². The molecule has 15 heteroatoms. The second kappa shape index (κ2) is 11.4. The molecular formula is C26H28O15. The highest BCUT2D eigenvalue weighted by molar-refractivity contribution is 5.86. The molecule has 0 amide bonds. The summed E-state index contributed by atoms with van der Waals surface area (Å²) in [6.07, 6.45) is -14.1. The first kappa shape index (κ1) is 29.0. The molecule has 3 aromatic rings. The standard InChI is InChI=1S/C26H28O15/c27-11-2-1-9(3-12(11)28)16-6-14(30)19-13(29)4-10(5-17(19)40-16)39-26-24(36)22(34)21(33)18(41-26)8-38-25-23(35)20(32)15(31)7-37-25/h1-6,15,18,20-29,31-36H,7-8H2/t15-,18+,20-,21+,22-,23+,24+,25-,26-/m0/s1. The van der Waals surface area contributed by atoms with Gasteiger partial charge in [-0.3, -0.25) is 4.79 Å². The van der Waals surface area contributed by atoms with Crippen LogP contribution in [0.15, 0.2) is 45.6 Å². The fraction of sp³-hybridized carbons (Fsp3) is 0.423. The molecule has 0 unspecified atom stereocenters. The maximum absolute atomic E-state index is 12.7. The number of phenols is 3. The van der Waals surface area contributed by atoms with Gasteiger partial charge in [0.05, 0.1) is 13.2 Å². The van der Waals surface area contributed by atoms with E-state index in [9.17, 15) is 50.8 Å². The highest BCUT2D eigenvalue weighted by atomic mass is 16.7. The number of hydrogen-bond acceptors (Lipinski definition) is 15. The third-order valence-electron chi connectivity index (χ3n) is 6.84. The maximum atomic E-state index is 12.7. The minimum Gasteiger partial charge on any atom is -0.507 e. The van der Waals surface area contributed by atoms with Crippen LogP contribution in [0.1, 0.15) is 0 Å². The number of hydrogen-bond donors (Lipinski definition) is 9. The van der Waals surface area contributed by atoms with E-state index in [0.29, 0.717) is 0 Å². The summed E-state index contributed by atoms with van der Waals surface area (Å²) in [5, 5.41) is 90.3. The molecule has 41 heavy (non-hydrogen) atoms. The van der Waals surface area contributed by atoms with Gasteiger partial charge in [-0.25, -0.2) is 0 Å². The molecule has 0 spiro atoms. The van der Waals surface area contributed by atoms with Gasteiger partial charge >= 0.3 is 0 Å². The van der Waals surface area contributed by atoms with Crippen LogP contribution in [0, 0.1) is 0 Å². The largest absolute Gasteiger partial charge is 0.507 e. The van der Waals surface area contributed by atoms with Crippen molar-refractivity contribution in [3.05, 3.63) is 46.6 Å². The van der Waals surface area contributed by atoms with Crippen LogP contribution in [-0.2, 0) is 14.2 Å². The van der Waals surface area contributed by atoms with Crippen LogP contribution < -0.4 is 10.2 Å². The van der Waals surface area contributed by atoms with Crippen LogP contribution in [0.4, 0.5) is 0 Å². The Kier molecular flexibility index (Phi) is 8.06. The van der Waals surface area contributed by atoms with Gasteiger partial charge in [-0.15, -0.1) is 0 Å². The number of rotatable bonds is 6. The van der Waals surface area contributed by atoms with Crippen LogP contribution in [0.5, 0.6) is 23.0 Å². The van der Waals surface area contributed by atoms with Crippen molar-refractivity contribution in [1.82, 2.24) is 0 Å². The van der Waals surface area contributed by atoms with E-state index in [4.69, 9.17) is 23.4 Å². The zero-order chi connectivity index (χ0) is 29.6. The molecule has 0 saturated carbocycles. The molecule has 15 nitrogen and oxygen atoms in total. The minimum absolute atomic E-state index is 0.0104. The molecule has 9 N–H and O–H groups in total. The molecular weight excluding hydrogens is 552 g/mol. The predicted molar refractivity (Wildman–Crippen MR) is 134 cm³/mol. The van der Waals surface area contributed by atoms with Crippen LogP contribution in [-0.4, -0.2) is 114 Å². The van der Waals surface area contributed by atoms with Crippen molar-refractivity contribution in [2.24, 2.45) is 0 Å². The van der Waals surface area contributed by atoms with Crippen LogP contribution in [0.2, 0.25) is 0 Å². The lowest BCUT2D eigenvalue weighted by atomic mass is 9.99. The van der Waals surface area contributed by atoms with Crippen molar-refractivity contribution in [3.8, 4) is 34.3 Å². The Labute approximate surface area is 230 Å². The van der Waals surface area contributed by atoms with E-state index in [0.717, 1.165) is 12.1 Å². The summed E-state index contributed by atoms with van der Waals surface area (Å²) in [7, 11) is 0. The minimum atomic E-state index is -1.79. The Morgan fingerprint density at radius 3 is 2.24 bits per heavy atom. The van der Waals surface area contributed by atoms with Gasteiger partial charge in [-0.05, 0) is 18.2 Å². The van der Waals surface area contributed by atoms with Crippen LogP contribution in [0.25, 0.3) is 22.3 Å². The smallest absolute Gasteiger partial charge is 0.229 e. The fourth-order valence-corrected chi connectivity index (χ4v) is 4.53. The summed E-state index contributed by atoms with van der Waals surface area (Å²) in [5.41, 5.74) is -0.539. The summed E-state index contributed by atoms with van der Waals surface area (Å²) < 4.78 is 27.4. The molecule has 1 aromatic heterocycles. The van der Waals surface area contributed by atoms with Crippen molar-refractivity contribution in [2.45, 2.75) is 55.3 Å². The molecule has 0 bridgehead atoms. The average Bonchev–Trinajstić information content (AvgIpc) is 2.93. The molecule has 2 saturated heterocycles. The van der Waals surface area contributed by atoms with Gasteiger partial charge in [0.1, 0.15) is 71.0 Å². The third-order valence-corrected chi connectivity index (χ3v) is 6.84. The molecule has 2 aliphatic rings. The Hall–Kier alpha value is -3.51. The van der Waals surface area contributed by atoms with E-state index in [-0.39, 0.29) is 40.4 Å². The number of fused-ring (bicyclic) bond motifs is 1. The first-order chi connectivity index (χ1) is 19.4. The molecule has 2 fully saturated rings. The molecule has 2 aliphatic heterocycles. The van der Waals surface area contributed by atoms with Gasteiger partial charge in [-0.1, -0.05) is 0 Å². The van der Waals surface area contributed by atoms with Crippen molar-refractivity contribution in [3.63, 3.8) is 0 Å². The number of phenolic OH excluding ortho intramolecular Hbond substituents is 3. The van der Waals surface area contributed by atoms with E-state index in [1.165, 1.54) is 24.3 Å². The number of benzene rings is 2. The molecule has 0 radical (unpaired) electrons. The number of ether oxygens (including phenoxy) is 4. The van der Waals surface area contributed by atoms with Gasteiger partial charge in [0.2, 0.25) is 6.29 Å². The lowest BCUT2D eigenvalue weighted by Crippen LogP contribution is -2.61. The molecule has 222 valence electrons. The number of aliphatic hydroxyl groups is 6. The summed E-state index contributed by atoms with van der Waals surface area (Å²) >= 11 is 0. The molecule has 9 atom stereocenters. The van der Waals surface area contributed by atoms with Crippen LogP contribution >= 0.6 is 0 Å². The number of aromatic hydroxyl groups is 3. The highest BCUT2D eigenvalue weighted by Gasteiger charge is 2.46. The van der Waals surface area contributed by atoms with E-state index in [1.807, 2.05) is 0 Å². The molecule has 5 rings (SSSR count). The Morgan fingerprint density at radius 2 is 1.51 bits per heavy atom. The summed E-state index contributed by atoms with van der Waals surface area (Å²) in [5.74, 6) is -1.55. The Morgan fingerprint density at radius 1 is 0.780 bits per heavy atom. The normalized spacial score (nSPS) is 32.2. The van der Waals surface area contributed by atoms with Gasteiger partial charge in [0.25, 0.3) is 0 Å². The number of aliphatic hydroxyl groups excluding tert-OH is 6. The predicted octanol–water partition coefficient (Wildman–Crippen LogP) is -1.78. The first-order valence-corrected chi connectivity index (χ1v) is 12.4. The molecule has 2 aromatic carbocycles. The van der Waals surface area contributed by atoms with E-state index < -0.39 is 78.8 Å². The van der Waals surface area contributed by atoms with Gasteiger partial charge in [0, 0.05) is 23.8 Å². The highest BCUT2D eigenvalue weighted by Crippen LogP contribution is 2.35. The third kappa shape index (κ3) is 5.67. The summed E-state index contributed by atoms with van der Waals surface area (Å²) in [4.78, 5) is 12.7. The monoisotopic (exact) mass is 580 g/mol. The van der Waals surface area contributed by atoms with E-state index in [2.05, 4.69) is 0 Å². The van der Waals surface area contributed by atoms with E-state index >= 15 is 0 Å². The van der Waals surface area contributed by atoms with Gasteiger partial charge < -0.3 is 69.3 Å².